The number of pyridine rings is 1. The largest absolute Gasteiger partial charge is 0.408 e. The molecule has 0 radical (unpaired) electrons. The SMILES string of the molecule is CN(Sc1cccnc1)C(c1ccc(F)cc1)C(F)(F)F. The topological polar surface area (TPSA) is 16.1 Å². The predicted molar refractivity (Wildman–Crippen MR) is 73.1 cm³/mol. The molecule has 7 heteroatoms. The lowest BCUT2D eigenvalue weighted by Gasteiger charge is -2.29. The maximum Gasteiger partial charge on any atom is 0.408 e. The molecule has 1 aromatic heterocycles. The highest BCUT2D eigenvalue weighted by Crippen LogP contribution is 2.41. The number of rotatable bonds is 4. The third-order valence-corrected chi connectivity index (χ3v) is 3.69. The molecule has 0 bridgehead atoms. The molecule has 1 heterocycles. The summed E-state index contributed by atoms with van der Waals surface area (Å²) in [7, 11) is 1.35. The summed E-state index contributed by atoms with van der Waals surface area (Å²) in [5.41, 5.74) is -0.0113. The van der Waals surface area contributed by atoms with Crippen LogP contribution in [0.1, 0.15) is 11.6 Å². The van der Waals surface area contributed by atoms with E-state index in [9.17, 15) is 17.6 Å². The van der Waals surface area contributed by atoms with Crippen LogP contribution in [-0.4, -0.2) is 22.5 Å². The van der Waals surface area contributed by atoms with E-state index in [1.165, 1.54) is 13.2 Å². The van der Waals surface area contributed by atoms with Crippen molar-refractivity contribution in [3.63, 3.8) is 0 Å². The van der Waals surface area contributed by atoms with Gasteiger partial charge in [-0.2, -0.15) is 13.2 Å². The molecule has 0 spiro atoms. The molecule has 0 saturated carbocycles. The molecule has 0 fully saturated rings. The van der Waals surface area contributed by atoms with Crippen LogP contribution in [0.4, 0.5) is 17.6 Å². The van der Waals surface area contributed by atoms with Gasteiger partial charge in [-0.1, -0.05) is 12.1 Å². The molecule has 0 aliphatic rings. The number of aromatic nitrogens is 1. The molecule has 112 valence electrons. The van der Waals surface area contributed by atoms with E-state index in [2.05, 4.69) is 4.98 Å². The maximum absolute atomic E-state index is 13.3. The molecular weight excluding hydrogens is 304 g/mol. The Hall–Kier alpha value is -1.60. The van der Waals surface area contributed by atoms with E-state index in [4.69, 9.17) is 0 Å². The summed E-state index contributed by atoms with van der Waals surface area (Å²) < 4.78 is 53.9. The second kappa shape index (κ2) is 6.44. The number of benzene rings is 1. The second-order valence-corrected chi connectivity index (χ2v) is 5.55. The van der Waals surface area contributed by atoms with Crippen LogP contribution in [0.5, 0.6) is 0 Å². The first-order valence-corrected chi connectivity index (χ1v) is 6.78. The van der Waals surface area contributed by atoms with Gasteiger partial charge in [-0.15, -0.1) is 0 Å². The van der Waals surface area contributed by atoms with Crippen molar-refractivity contribution < 1.29 is 17.6 Å². The summed E-state index contributed by atoms with van der Waals surface area (Å²) in [5.74, 6) is -0.567. The van der Waals surface area contributed by atoms with E-state index in [0.29, 0.717) is 4.90 Å². The summed E-state index contributed by atoms with van der Waals surface area (Å²) in [6.45, 7) is 0. The third-order valence-electron chi connectivity index (χ3n) is 2.74. The molecule has 21 heavy (non-hydrogen) atoms. The summed E-state index contributed by atoms with van der Waals surface area (Å²) in [5, 5.41) is 0. The van der Waals surface area contributed by atoms with Gasteiger partial charge in [0.05, 0.1) is 0 Å². The molecular formula is C14H12F4N2S. The molecule has 0 N–H and O–H groups in total. The lowest BCUT2D eigenvalue weighted by molar-refractivity contribution is -0.169. The number of alkyl halides is 3. The first-order valence-electron chi connectivity index (χ1n) is 6.01. The van der Waals surface area contributed by atoms with E-state index >= 15 is 0 Å². The molecule has 1 unspecified atom stereocenters. The van der Waals surface area contributed by atoms with Crippen LogP contribution in [0.25, 0.3) is 0 Å². The summed E-state index contributed by atoms with van der Waals surface area (Å²) in [6.07, 6.45) is -1.44. The van der Waals surface area contributed by atoms with Gasteiger partial charge in [0.25, 0.3) is 0 Å². The Labute approximate surface area is 123 Å². The predicted octanol–water partition coefficient (Wildman–Crippen LogP) is 4.46. The Bertz CT molecular complexity index is 572. The fourth-order valence-electron chi connectivity index (χ4n) is 1.87. The van der Waals surface area contributed by atoms with Crippen LogP contribution < -0.4 is 0 Å². The van der Waals surface area contributed by atoms with E-state index in [0.717, 1.165) is 40.5 Å². The smallest absolute Gasteiger partial charge is 0.264 e. The highest BCUT2D eigenvalue weighted by atomic mass is 32.2. The van der Waals surface area contributed by atoms with Crippen LogP contribution in [0.15, 0.2) is 53.7 Å². The molecule has 2 aromatic rings. The summed E-state index contributed by atoms with van der Waals surface area (Å²) >= 11 is 0.935. The minimum atomic E-state index is -4.47. The van der Waals surface area contributed by atoms with Gasteiger partial charge >= 0.3 is 6.18 Å². The van der Waals surface area contributed by atoms with E-state index in [1.807, 2.05) is 0 Å². The fourth-order valence-corrected chi connectivity index (χ4v) is 2.80. The van der Waals surface area contributed by atoms with Crippen molar-refractivity contribution in [2.45, 2.75) is 17.1 Å². The van der Waals surface area contributed by atoms with Gasteiger partial charge in [-0.25, -0.2) is 8.70 Å². The second-order valence-electron chi connectivity index (χ2n) is 4.32. The van der Waals surface area contributed by atoms with Gasteiger partial charge in [0.2, 0.25) is 0 Å². The number of halogens is 4. The van der Waals surface area contributed by atoms with Gasteiger partial charge in [0, 0.05) is 17.3 Å². The first-order chi connectivity index (χ1) is 9.88. The van der Waals surface area contributed by atoms with Crippen molar-refractivity contribution in [2.75, 3.05) is 7.05 Å². The molecule has 0 saturated heterocycles. The summed E-state index contributed by atoms with van der Waals surface area (Å²) in [6, 6.07) is 5.83. The lowest BCUT2D eigenvalue weighted by atomic mass is 10.1. The van der Waals surface area contributed by atoms with Crippen molar-refractivity contribution in [1.82, 2.24) is 9.29 Å². The number of hydrogen-bond donors (Lipinski definition) is 0. The van der Waals surface area contributed by atoms with Gasteiger partial charge in [0.15, 0.2) is 0 Å². The average Bonchev–Trinajstić information content (AvgIpc) is 2.41. The van der Waals surface area contributed by atoms with E-state index < -0.39 is 18.0 Å². The number of hydrogen-bond acceptors (Lipinski definition) is 3. The minimum absolute atomic E-state index is 0.0113. The monoisotopic (exact) mass is 316 g/mol. The van der Waals surface area contributed by atoms with Crippen LogP contribution in [-0.2, 0) is 0 Å². The Kier molecular flexibility index (Phi) is 4.84. The lowest BCUT2D eigenvalue weighted by Crippen LogP contribution is -2.31. The molecule has 1 atom stereocenters. The molecule has 0 aliphatic carbocycles. The highest BCUT2D eigenvalue weighted by Gasteiger charge is 2.44. The first kappa shape index (κ1) is 15.8. The van der Waals surface area contributed by atoms with E-state index in [-0.39, 0.29) is 5.56 Å². The normalized spacial score (nSPS) is 13.4. The van der Waals surface area contributed by atoms with Crippen molar-refractivity contribution in [3.05, 3.63) is 60.2 Å². The van der Waals surface area contributed by atoms with Gasteiger partial charge in [-0.3, -0.25) is 4.98 Å². The molecule has 0 amide bonds. The molecule has 0 aliphatic heterocycles. The van der Waals surface area contributed by atoms with Gasteiger partial charge in [0.1, 0.15) is 11.9 Å². The zero-order valence-electron chi connectivity index (χ0n) is 11.0. The van der Waals surface area contributed by atoms with Crippen molar-refractivity contribution >= 4 is 11.9 Å². The third kappa shape index (κ3) is 4.18. The molecule has 2 nitrogen and oxygen atoms in total. The fraction of sp³-hybridized carbons (Fsp3) is 0.214. The van der Waals surface area contributed by atoms with Gasteiger partial charge < -0.3 is 0 Å². The minimum Gasteiger partial charge on any atom is -0.264 e. The zero-order valence-corrected chi connectivity index (χ0v) is 11.8. The van der Waals surface area contributed by atoms with Crippen LogP contribution >= 0.6 is 11.9 Å². The number of nitrogens with zero attached hydrogens (tertiary/aromatic N) is 2. The summed E-state index contributed by atoms with van der Waals surface area (Å²) in [4.78, 5) is 4.46. The molecule has 1 aromatic carbocycles. The van der Waals surface area contributed by atoms with Crippen LogP contribution in [0.3, 0.4) is 0 Å². The maximum atomic E-state index is 13.3. The quantitative estimate of drug-likeness (QED) is 0.612. The Morgan fingerprint density at radius 2 is 1.81 bits per heavy atom. The van der Waals surface area contributed by atoms with E-state index in [1.54, 1.807) is 18.3 Å². The Morgan fingerprint density at radius 3 is 2.33 bits per heavy atom. The molecule has 2 rings (SSSR count). The average molecular weight is 316 g/mol. The van der Waals surface area contributed by atoms with Crippen LogP contribution in [0.2, 0.25) is 0 Å². The Balaban J connectivity index is 2.26. The zero-order chi connectivity index (χ0) is 15.5. The van der Waals surface area contributed by atoms with Crippen LogP contribution in [0, 0.1) is 5.82 Å². The van der Waals surface area contributed by atoms with Crippen molar-refractivity contribution in [2.24, 2.45) is 0 Å². The van der Waals surface area contributed by atoms with Gasteiger partial charge in [-0.05, 0) is 48.8 Å². The standard InChI is InChI=1S/C14H12F4N2S/c1-20(21-12-3-2-8-19-9-12)13(14(16,17)18)10-4-6-11(15)7-5-10/h2-9,13H,1H3. The van der Waals surface area contributed by atoms with Crippen molar-refractivity contribution in [3.8, 4) is 0 Å². The van der Waals surface area contributed by atoms with Crippen molar-refractivity contribution in [1.29, 1.82) is 0 Å². The Morgan fingerprint density at radius 1 is 1.14 bits per heavy atom. The highest BCUT2D eigenvalue weighted by molar-refractivity contribution is 7.97.